The van der Waals surface area contributed by atoms with Gasteiger partial charge < -0.3 is 5.73 Å². The molecule has 2 saturated carbocycles. The average molecular weight is 256 g/mol. The van der Waals surface area contributed by atoms with Crippen LogP contribution in [0.3, 0.4) is 0 Å². The van der Waals surface area contributed by atoms with Crippen LogP contribution in [0.25, 0.3) is 0 Å². The van der Waals surface area contributed by atoms with Crippen LogP contribution in [0.1, 0.15) is 55.2 Å². The van der Waals surface area contributed by atoms with Crippen molar-refractivity contribution in [3.8, 4) is 0 Å². The molecule has 4 rings (SSSR count). The van der Waals surface area contributed by atoms with Crippen molar-refractivity contribution in [2.75, 3.05) is 13.1 Å². The molecule has 0 amide bonds. The van der Waals surface area contributed by atoms with Gasteiger partial charge in [-0.2, -0.15) is 0 Å². The van der Waals surface area contributed by atoms with Gasteiger partial charge in [-0.05, 0) is 68.2 Å². The Labute approximate surface area is 116 Å². The third kappa shape index (κ3) is 2.11. The number of rotatable bonds is 4. The molecule has 1 heterocycles. The molecule has 2 unspecified atom stereocenters. The highest BCUT2D eigenvalue weighted by atomic mass is 15.2. The van der Waals surface area contributed by atoms with Crippen molar-refractivity contribution in [2.24, 2.45) is 11.7 Å². The zero-order valence-electron chi connectivity index (χ0n) is 11.6. The summed E-state index contributed by atoms with van der Waals surface area (Å²) in [5, 5.41) is 0. The van der Waals surface area contributed by atoms with Crippen LogP contribution in [0.5, 0.6) is 0 Å². The predicted octanol–water partition coefficient (Wildman–Crippen LogP) is 3.05. The van der Waals surface area contributed by atoms with E-state index >= 15 is 0 Å². The average Bonchev–Trinajstić information content (AvgIpc) is 3.35. The van der Waals surface area contributed by atoms with Crippen molar-refractivity contribution < 1.29 is 0 Å². The summed E-state index contributed by atoms with van der Waals surface area (Å²) in [6.07, 6.45) is 6.87. The van der Waals surface area contributed by atoms with E-state index in [1.165, 1.54) is 38.6 Å². The van der Waals surface area contributed by atoms with Gasteiger partial charge in [0.2, 0.25) is 0 Å². The molecule has 2 nitrogen and oxygen atoms in total. The second-order valence-electron chi connectivity index (χ2n) is 6.60. The van der Waals surface area contributed by atoms with E-state index in [-0.39, 0.29) is 0 Å². The van der Waals surface area contributed by atoms with Gasteiger partial charge in [-0.15, -0.1) is 0 Å². The molecule has 3 aliphatic rings. The summed E-state index contributed by atoms with van der Waals surface area (Å²) in [4.78, 5) is 2.76. The molecule has 102 valence electrons. The summed E-state index contributed by atoms with van der Waals surface area (Å²) in [5.74, 6) is 1.51. The zero-order chi connectivity index (χ0) is 12.8. The van der Waals surface area contributed by atoms with Crippen molar-refractivity contribution in [3.05, 3.63) is 35.4 Å². The number of nitrogens with zero attached hydrogens (tertiary/aromatic N) is 1. The number of hydrogen-bond acceptors (Lipinski definition) is 2. The number of likely N-dealkylation sites (tertiary alicyclic amines) is 1. The molecule has 1 saturated heterocycles. The maximum absolute atomic E-state index is 6.06. The summed E-state index contributed by atoms with van der Waals surface area (Å²) in [5.41, 5.74) is 9.28. The van der Waals surface area contributed by atoms with Gasteiger partial charge in [0, 0.05) is 12.1 Å². The maximum Gasteiger partial charge on any atom is 0.0394 e. The first kappa shape index (κ1) is 11.9. The lowest BCUT2D eigenvalue weighted by atomic mass is 9.89. The fourth-order valence-corrected chi connectivity index (χ4v) is 3.92. The predicted molar refractivity (Wildman–Crippen MR) is 78.0 cm³/mol. The van der Waals surface area contributed by atoms with Gasteiger partial charge in [0.05, 0.1) is 0 Å². The van der Waals surface area contributed by atoms with Gasteiger partial charge >= 0.3 is 0 Å². The molecule has 19 heavy (non-hydrogen) atoms. The smallest absolute Gasteiger partial charge is 0.0394 e. The van der Waals surface area contributed by atoms with E-state index in [9.17, 15) is 0 Å². The summed E-state index contributed by atoms with van der Waals surface area (Å²) in [7, 11) is 0. The van der Waals surface area contributed by atoms with Crippen molar-refractivity contribution in [1.82, 2.24) is 4.90 Å². The molecular weight excluding hydrogens is 232 g/mol. The first-order valence-corrected chi connectivity index (χ1v) is 7.93. The SMILES string of the molecule is NCC1CCN(C2CC2)C1c1ccccc1C1CC1. The number of benzene rings is 1. The largest absolute Gasteiger partial charge is 0.330 e. The van der Waals surface area contributed by atoms with E-state index in [0.717, 1.165) is 18.5 Å². The maximum atomic E-state index is 6.06. The second-order valence-corrected chi connectivity index (χ2v) is 6.60. The molecule has 0 bridgehead atoms. The topological polar surface area (TPSA) is 29.3 Å². The van der Waals surface area contributed by atoms with Crippen LogP contribution >= 0.6 is 0 Å². The highest BCUT2D eigenvalue weighted by Crippen LogP contribution is 2.49. The molecule has 2 heteroatoms. The van der Waals surface area contributed by atoms with Crippen molar-refractivity contribution in [2.45, 2.75) is 50.1 Å². The van der Waals surface area contributed by atoms with Crippen LogP contribution in [0.4, 0.5) is 0 Å². The van der Waals surface area contributed by atoms with Crippen molar-refractivity contribution >= 4 is 0 Å². The Morgan fingerprint density at radius 1 is 1.00 bits per heavy atom. The first-order chi connectivity index (χ1) is 9.38. The van der Waals surface area contributed by atoms with Crippen LogP contribution in [0.15, 0.2) is 24.3 Å². The first-order valence-electron chi connectivity index (χ1n) is 7.93. The summed E-state index contributed by atoms with van der Waals surface area (Å²) in [6.45, 7) is 2.10. The van der Waals surface area contributed by atoms with Gasteiger partial charge in [0.1, 0.15) is 0 Å². The van der Waals surface area contributed by atoms with Crippen LogP contribution in [0.2, 0.25) is 0 Å². The highest BCUT2D eigenvalue weighted by molar-refractivity contribution is 5.37. The third-order valence-electron chi connectivity index (χ3n) is 5.21. The minimum atomic E-state index is 0.606. The zero-order valence-corrected chi connectivity index (χ0v) is 11.6. The van der Waals surface area contributed by atoms with E-state index < -0.39 is 0 Å². The van der Waals surface area contributed by atoms with E-state index in [4.69, 9.17) is 5.73 Å². The molecular formula is C17H24N2. The quantitative estimate of drug-likeness (QED) is 0.897. The highest BCUT2D eigenvalue weighted by Gasteiger charge is 2.43. The van der Waals surface area contributed by atoms with Gasteiger partial charge in [0.15, 0.2) is 0 Å². The molecule has 0 spiro atoms. The lowest BCUT2D eigenvalue weighted by Crippen LogP contribution is -2.30. The van der Waals surface area contributed by atoms with Crippen LogP contribution < -0.4 is 5.73 Å². The Hall–Kier alpha value is -0.860. The normalized spacial score (nSPS) is 31.8. The summed E-state index contributed by atoms with van der Waals surface area (Å²) in [6, 6.07) is 10.6. The Kier molecular flexibility index (Phi) is 2.89. The fourth-order valence-electron chi connectivity index (χ4n) is 3.92. The van der Waals surface area contributed by atoms with Crippen LogP contribution in [-0.4, -0.2) is 24.0 Å². The van der Waals surface area contributed by atoms with E-state index in [1.54, 1.807) is 11.1 Å². The van der Waals surface area contributed by atoms with Crippen molar-refractivity contribution in [1.29, 1.82) is 0 Å². The third-order valence-corrected chi connectivity index (χ3v) is 5.21. The molecule has 2 aliphatic carbocycles. The Morgan fingerprint density at radius 2 is 1.74 bits per heavy atom. The van der Waals surface area contributed by atoms with Gasteiger partial charge in [-0.3, -0.25) is 4.90 Å². The molecule has 1 aromatic carbocycles. The standard InChI is InChI=1S/C17H24N2/c18-11-13-9-10-19(14-7-8-14)17(13)16-4-2-1-3-15(16)12-5-6-12/h1-4,12-14,17H,5-11,18H2. The van der Waals surface area contributed by atoms with Gasteiger partial charge in [0.25, 0.3) is 0 Å². The Morgan fingerprint density at radius 3 is 2.37 bits per heavy atom. The van der Waals surface area contributed by atoms with E-state index in [1.807, 2.05) is 0 Å². The summed E-state index contributed by atoms with van der Waals surface area (Å²) < 4.78 is 0. The summed E-state index contributed by atoms with van der Waals surface area (Å²) >= 11 is 0. The minimum Gasteiger partial charge on any atom is -0.330 e. The molecule has 2 N–H and O–H groups in total. The second kappa shape index (κ2) is 4.60. The molecule has 0 radical (unpaired) electrons. The van der Waals surface area contributed by atoms with Gasteiger partial charge in [-0.1, -0.05) is 24.3 Å². The van der Waals surface area contributed by atoms with Gasteiger partial charge in [-0.25, -0.2) is 0 Å². The minimum absolute atomic E-state index is 0.606. The monoisotopic (exact) mass is 256 g/mol. The van der Waals surface area contributed by atoms with Crippen LogP contribution in [0, 0.1) is 5.92 Å². The van der Waals surface area contributed by atoms with Crippen molar-refractivity contribution in [3.63, 3.8) is 0 Å². The molecule has 3 fully saturated rings. The molecule has 2 atom stereocenters. The fraction of sp³-hybridized carbons (Fsp3) is 0.647. The molecule has 1 aliphatic heterocycles. The number of hydrogen-bond donors (Lipinski definition) is 1. The lowest BCUT2D eigenvalue weighted by Gasteiger charge is -2.30. The molecule has 0 aromatic heterocycles. The molecule has 1 aromatic rings. The Bertz CT molecular complexity index is 462. The van der Waals surface area contributed by atoms with E-state index in [2.05, 4.69) is 29.2 Å². The lowest BCUT2D eigenvalue weighted by molar-refractivity contribution is 0.219. The van der Waals surface area contributed by atoms with Crippen LogP contribution in [-0.2, 0) is 0 Å². The Balaban J connectivity index is 1.71. The number of nitrogens with two attached hydrogens (primary N) is 1. The van der Waals surface area contributed by atoms with E-state index in [0.29, 0.717) is 12.0 Å².